The van der Waals surface area contributed by atoms with Gasteiger partial charge in [0.15, 0.2) is 11.5 Å². The number of hydrogen-bond acceptors (Lipinski definition) is 5. The zero-order valence-corrected chi connectivity index (χ0v) is 21.5. The second kappa shape index (κ2) is 10.4. The van der Waals surface area contributed by atoms with Crippen LogP contribution in [0.4, 0.5) is 5.69 Å². The third-order valence-electron chi connectivity index (χ3n) is 7.89. The number of carbonyl (C=O) groups is 2. The molecule has 0 spiro atoms. The number of carbonyl (C=O) groups excluding carboxylic acids is 2. The molecule has 1 fully saturated rings. The molecule has 2 amide bonds. The standard InChI is InChI=1S/C31H32N2O5/c1-36-23-14-11-20(12-15-23)29-28(30(34)32-21-13-16-26-27(19-21)38-18-17-37-26)24-9-5-6-10-25(24)31(35)33(29)22-7-3-2-4-8-22/h5-6,9-16,19,22,28-29H,2-4,7-8,17-18H2,1H3,(H,32,34)/t28-,29+/m1/s1. The Hall–Kier alpha value is -4.00. The number of rotatable bonds is 5. The molecule has 7 nitrogen and oxygen atoms in total. The summed E-state index contributed by atoms with van der Waals surface area (Å²) in [6.45, 7) is 0.977. The van der Waals surface area contributed by atoms with Crippen molar-refractivity contribution in [3.63, 3.8) is 0 Å². The van der Waals surface area contributed by atoms with E-state index < -0.39 is 12.0 Å². The molecule has 0 bridgehead atoms. The molecule has 6 rings (SSSR count). The molecule has 3 aromatic rings. The minimum atomic E-state index is -0.590. The normalized spacial score (nSPS) is 21.0. The zero-order valence-electron chi connectivity index (χ0n) is 21.5. The van der Waals surface area contributed by atoms with Crippen molar-refractivity contribution in [2.45, 2.75) is 50.1 Å². The molecule has 0 unspecified atom stereocenters. The van der Waals surface area contributed by atoms with E-state index in [1.165, 1.54) is 6.42 Å². The molecule has 0 aromatic heterocycles. The van der Waals surface area contributed by atoms with Crippen LogP contribution >= 0.6 is 0 Å². The van der Waals surface area contributed by atoms with Gasteiger partial charge in [0, 0.05) is 23.4 Å². The van der Waals surface area contributed by atoms with E-state index in [1.54, 1.807) is 13.2 Å². The Balaban J connectivity index is 1.43. The minimum Gasteiger partial charge on any atom is -0.497 e. The summed E-state index contributed by atoms with van der Waals surface area (Å²) in [5, 5.41) is 3.13. The molecule has 0 radical (unpaired) electrons. The summed E-state index contributed by atoms with van der Waals surface area (Å²) in [6.07, 6.45) is 5.23. The van der Waals surface area contributed by atoms with Crippen molar-refractivity contribution in [1.82, 2.24) is 4.90 Å². The van der Waals surface area contributed by atoms with E-state index in [0.29, 0.717) is 36.0 Å². The predicted octanol–water partition coefficient (Wildman–Crippen LogP) is 5.72. The molecule has 2 aliphatic heterocycles. The number of ether oxygens (including phenoxy) is 3. The van der Waals surface area contributed by atoms with E-state index in [4.69, 9.17) is 14.2 Å². The SMILES string of the molecule is COc1ccc([C@H]2[C@H](C(=O)Nc3ccc4c(c3)OCCO4)c3ccccc3C(=O)N2C2CCCCC2)cc1. The smallest absolute Gasteiger partial charge is 0.254 e. The molecule has 1 N–H and O–H groups in total. The Labute approximate surface area is 222 Å². The number of methoxy groups -OCH3 is 1. The highest BCUT2D eigenvalue weighted by molar-refractivity contribution is 6.04. The van der Waals surface area contributed by atoms with Crippen molar-refractivity contribution in [3.8, 4) is 17.2 Å². The summed E-state index contributed by atoms with van der Waals surface area (Å²) in [4.78, 5) is 30.2. The Morgan fingerprint density at radius 1 is 0.921 bits per heavy atom. The summed E-state index contributed by atoms with van der Waals surface area (Å²) < 4.78 is 16.8. The number of nitrogens with zero attached hydrogens (tertiary/aromatic N) is 1. The van der Waals surface area contributed by atoms with Gasteiger partial charge in [0.25, 0.3) is 5.91 Å². The van der Waals surface area contributed by atoms with Crippen LogP contribution in [0.1, 0.15) is 65.5 Å². The lowest BCUT2D eigenvalue weighted by molar-refractivity contribution is -0.119. The first-order chi connectivity index (χ1) is 18.6. The first kappa shape index (κ1) is 24.3. The van der Waals surface area contributed by atoms with Gasteiger partial charge >= 0.3 is 0 Å². The molecule has 0 saturated heterocycles. The summed E-state index contributed by atoms with van der Waals surface area (Å²) in [7, 11) is 1.63. The summed E-state index contributed by atoms with van der Waals surface area (Å²) in [5.74, 6) is 1.26. The summed E-state index contributed by atoms with van der Waals surface area (Å²) in [5.41, 5.74) is 2.90. The van der Waals surface area contributed by atoms with Crippen molar-refractivity contribution >= 4 is 17.5 Å². The highest BCUT2D eigenvalue weighted by atomic mass is 16.6. The van der Waals surface area contributed by atoms with Gasteiger partial charge in [-0.1, -0.05) is 49.6 Å². The fourth-order valence-corrected chi connectivity index (χ4v) is 6.09. The topological polar surface area (TPSA) is 77.1 Å². The van der Waals surface area contributed by atoms with Crippen molar-refractivity contribution in [3.05, 3.63) is 83.4 Å². The Morgan fingerprint density at radius 3 is 2.42 bits per heavy atom. The van der Waals surface area contributed by atoms with Crippen LogP contribution in [-0.2, 0) is 4.79 Å². The highest BCUT2D eigenvalue weighted by Crippen LogP contribution is 2.46. The van der Waals surface area contributed by atoms with Crippen LogP contribution < -0.4 is 19.5 Å². The molecule has 2 heterocycles. The number of fused-ring (bicyclic) bond motifs is 2. The van der Waals surface area contributed by atoms with Crippen LogP contribution in [0.2, 0.25) is 0 Å². The number of amides is 2. The average molecular weight is 513 g/mol. The van der Waals surface area contributed by atoms with E-state index in [-0.39, 0.29) is 17.9 Å². The largest absolute Gasteiger partial charge is 0.497 e. The fraction of sp³-hybridized carbons (Fsp3) is 0.355. The van der Waals surface area contributed by atoms with E-state index in [2.05, 4.69) is 5.32 Å². The van der Waals surface area contributed by atoms with Crippen LogP contribution in [-0.4, -0.2) is 43.1 Å². The maximum atomic E-state index is 14.2. The lowest BCUT2D eigenvalue weighted by Crippen LogP contribution is -2.51. The predicted molar refractivity (Wildman–Crippen MR) is 144 cm³/mol. The first-order valence-corrected chi connectivity index (χ1v) is 13.4. The van der Waals surface area contributed by atoms with E-state index in [1.807, 2.05) is 65.6 Å². The number of nitrogens with one attached hydrogen (secondary N) is 1. The van der Waals surface area contributed by atoms with E-state index >= 15 is 0 Å². The van der Waals surface area contributed by atoms with E-state index in [9.17, 15) is 9.59 Å². The van der Waals surface area contributed by atoms with Gasteiger partial charge in [-0.3, -0.25) is 9.59 Å². The van der Waals surface area contributed by atoms with Gasteiger partial charge in [0.2, 0.25) is 5.91 Å². The van der Waals surface area contributed by atoms with E-state index in [0.717, 1.165) is 42.6 Å². The monoisotopic (exact) mass is 512 g/mol. The first-order valence-electron chi connectivity index (χ1n) is 13.4. The van der Waals surface area contributed by atoms with Gasteiger partial charge in [-0.05, 0) is 54.3 Å². The van der Waals surface area contributed by atoms with Gasteiger partial charge in [-0.25, -0.2) is 0 Å². The second-order valence-electron chi connectivity index (χ2n) is 10.1. The van der Waals surface area contributed by atoms with Gasteiger partial charge in [0.05, 0.1) is 19.1 Å². The van der Waals surface area contributed by atoms with Crippen molar-refractivity contribution < 1.29 is 23.8 Å². The second-order valence-corrected chi connectivity index (χ2v) is 10.1. The Morgan fingerprint density at radius 2 is 1.66 bits per heavy atom. The van der Waals surface area contributed by atoms with Crippen LogP contribution in [0.15, 0.2) is 66.7 Å². The van der Waals surface area contributed by atoms with Crippen LogP contribution in [0, 0.1) is 0 Å². The fourth-order valence-electron chi connectivity index (χ4n) is 6.09. The maximum absolute atomic E-state index is 14.2. The molecule has 38 heavy (non-hydrogen) atoms. The van der Waals surface area contributed by atoms with Crippen LogP contribution in [0.3, 0.4) is 0 Å². The maximum Gasteiger partial charge on any atom is 0.254 e. The third-order valence-corrected chi connectivity index (χ3v) is 7.89. The van der Waals surface area contributed by atoms with Crippen molar-refractivity contribution in [2.75, 3.05) is 25.6 Å². The van der Waals surface area contributed by atoms with Crippen LogP contribution in [0.5, 0.6) is 17.2 Å². The lowest BCUT2D eigenvalue weighted by Gasteiger charge is -2.46. The molecular weight excluding hydrogens is 480 g/mol. The van der Waals surface area contributed by atoms with Crippen LogP contribution in [0.25, 0.3) is 0 Å². The van der Waals surface area contributed by atoms with Gasteiger partial charge < -0.3 is 24.4 Å². The molecule has 196 valence electrons. The summed E-state index contributed by atoms with van der Waals surface area (Å²) >= 11 is 0. The highest BCUT2D eigenvalue weighted by Gasteiger charge is 2.46. The Bertz CT molecular complexity index is 1330. The average Bonchev–Trinajstić information content (AvgIpc) is 2.97. The molecular formula is C31H32N2O5. The quantitative estimate of drug-likeness (QED) is 0.473. The molecule has 2 atom stereocenters. The molecule has 3 aromatic carbocycles. The molecule has 1 aliphatic carbocycles. The van der Waals surface area contributed by atoms with Crippen molar-refractivity contribution in [2.24, 2.45) is 0 Å². The van der Waals surface area contributed by atoms with Gasteiger partial charge in [0.1, 0.15) is 19.0 Å². The molecule has 1 saturated carbocycles. The number of anilines is 1. The third kappa shape index (κ3) is 4.46. The van der Waals surface area contributed by atoms with Gasteiger partial charge in [-0.2, -0.15) is 0 Å². The zero-order chi connectivity index (χ0) is 26.1. The van der Waals surface area contributed by atoms with Crippen molar-refractivity contribution in [1.29, 1.82) is 0 Å². The number of benzene rings is 3. The lowest BCUT2D eigenvalue weighted by atomic mass is 9.77. The Kier molecular flexibility index (Phi) is 6.66. The molecule has 3 aliphatic rings. The number of hydrogen-bond donors (Lipinski definition) is 1. The molecule has 7 heteroatoms. The minimum absolute atomic E-state index is 0.00306. The van der Waals surface area contributed by atoms with Gasteiger partial charge in [-0.15, -0.1) is 0 Å². The summed E-state index contributed by atoms with van der Waals surface area (Å²) in [6, 6.07) is 20.4.